The molecule has 25 heavy (non-hydrogen) atoms. The number of carbonyl (C=O) groups is 1. The number of ether oxygens (including phenoxy) is 1. The van der Waals surface area contributed by atoms with E-state index in [1.165, 1.54) is 0 Å². The smallest absolute Gasteiger partial charge is 0.410 e. The molecule has 144 valence electrons. The number of thioether (sulfide) groups is 1. The van der Waals surface area contributed by atoms with Gasteiger partial charge >= 0.3 is 6.09 Å². The third-order valence-electron chi connectivity index (χ3n) is 4.52. The van der Waals surface area contributed by atoms with E-state index in [-0.39, 0.29) is 36.1 Å². The molecule has 2 unspecified atom stereocenters. The van der Waals surface area contributed by atoms with Gasteiger partial charge < -0.3 is 25.0 Å². The lowest BCUT2D eigenvalue weighted by atomic mass is 10.0. The highest BCUT2D eigenvalue weighted by Gasteiger charge is 2.38. The average molecular weight is 484 g/mol. The average Bonchev–Trinajstić information content (AvgIpc) is 3.09. The molecule has 0 bridgehead atoms. The number of hydrogen-bond acceptors (Lipinski definition) is 7. The zero-order valence-electron chi connectivity index (χ0n) is 15.2. The van der Waals surface area contributed by atoms with Gasteiger partial charge in [-0.05, 0) is 32.9 Å². The van der Waals surface area contributed by atoms with E-state index in [2.05, 4.69) is 15.2 Å². The van der Waals surface area contributed by atoms with Crippen LogP contribution >= 0.6 is 35.7 Å². The highest BCUT2D eigenvalue weighted by atomic mass is 127. The summed E-state index contributed by atoms with van der Waals surface area (Å²) < 4.78 is 5.46. The lowest BCUT2D eigenvalue weighted by molar-refractivity contribution is 0.0136. The van der Waals surface area contributed by atoms with Crippen molar-refractivity contribution in [2.24, 2.45) is 4.99 Å². The van der Waals surface area contributed by atoms with E-state index in [4.69, 9.17) is 4.74 Å². The molecule has 7 nitrogen and oxygen atoms in total. The molecule has 0 aromatic carbocycles. The largest absolute Gasteiger partial charge is 0.444 e. The maximum Gasteiger partial charge on any atom is 0.410 e. The first-order chi connectivity index (χ1) is 11.3. The highest BCUT2D eigenvalue weighted by molar-refractivity contribution is 14.0. The van der Waals surface area contributed by atoms with Crippen LogP contribution in [0, 0.1) is 0 Å². The Morgan fingerprint density at radius 2 is 2.24 bits per heavy atom. The van der Waals surface area contributed by atoms with Crippen molar-refractivity contribution in [1.29, 1.82) is 0 Å². The number of piperazine rings is 1. The van der Waals surface area contributed by atoms with E-state index in [0.29, 0.717) is 26.2 Å². The quantitative estimate of drug-likeness (QED) is 0.577. The summed E-state index contributed by atoms with van der Waals surface area (Å²) >= 11 is 1.79. The summed E-state index contributed by atoms with van der Waals surface area (Å²) in [5.41, 5.74) is -1.09. The van der Waals surface area contributed by atoms with Gasteiger partial charge in [-0.1, -0.05) is 0 Å². The Balaban J connectivity index is 0.00000225. The van der Waals surface area contributed by atoms with E-state index in [0.717, 1.165) is 30.4 Å². The summed E-state index contributed by atoms with van der Waals surface area (Å²) in [5.74, 6) is 2.65. The van der Waals surface area contributed by atoms with E-state index in [1.54, 1.807) is 16.7 Å². The van der Waals surface area contributed by atoms with E-state index >= 15 is 0 Å². The van der Waals surface area contributed by atoms with Crippen LogP contribution in [0.3, 0.4) is 0 Å². The number of fused-ring (bicyclic) bond motifs is 1. The van der Waals surface area contributed by atoms with Crippen LogP contribution < -0.4 is 5.32 Å². The molecule has 0 saturated carbocycles. The van der Waals surface area contributed by atoms with Crippen LogP contribution in [-0.4, -0.2) is 88.4 Å². The SMILES string of the molecule is CC(C)(C)OC(=O)N1CCN2C(NCC3(O)CCSC3)=NCC2C1.I. The van der Waals surface area contributed by atoms with Crippen LogP contribution in [0.5, 0.6) is 0 Å². The summed E-state index contributed by atoms with van der Waals surface area (Å²) in [4.78, 5) is 20.8. The van der Waals surface area contributed by atoms with Crippen LogP contribution in [-0.2, 0) is 4.74 Å². The molecule has 2 fully saturated rings. The fourth-order valence-electron chi connectivity index (χ4n) is 3.20. The van der Waals surface area contributed by atoms with Crippen LogP contribution in [0.4, 0.5) is 4.79 Å². The lowest BCUT2D eigenvalue weighted by Gasteiger charge is -2.39. The molecule has 0 aliphatic carbocycles. The number of guanidine groups is 1. The normalized spacial score (nSPS) is 29.0. The maximum absolute atomic E-state index is 12.2. The molecule has 2 atom stereocenters. The van der Waals surface area contributed by atoms with Gasteiger partial charge in [-0.15, -0.1) is 24.0 Å². The zero-order chi connectivity index (χ0) is 17.4. The molecule has 3 aliphatic rings. The van der Waals surface area contributed by atoms with E-state index < -0.39 is 11.2 Å². The van der Waals surface area contributed by atoms with Gasteiger partial charge in [0.2, 0.25) is 0 Å². The van der Waals surface area contributed by atoms with Crippen LogP contribution in [0.1, 0.15) is 27.2 Å². The Hall–Kier alpha value is -0.420. The number of hydrogen-bond donors (Lipinski definition) is 2. The van der Waals surface area contributed by atoms with Crippen molar-refractivity contribution in [1.82, 2.24) is 15.1 Å². The predicted octanol–water partition coefficient (Wildman–Crippen LogP) is 1.35. The molecule has 3 aliphatic heterocycles. The molecule has 2 N–H and O–H groups in total. The van der Waals surface area contributed by atoms with Crippen molar-refractivity contribution in [3.63, 3.8) is 0 Å². The van der Waals surface area contributed by atoms with Crippen LogP contribution in [0.2, 0.25) is 0 Å². The van der Waals surface area contributed by atoms with Crippen molar-refractivity contribution < 1.29 is 14.6 Å². The van der Waals surface area contributed by atoms with Crippen molar-refractivity contribution in [3.05, 3.63) is 0 Å². The fraction of sp³-hybridized carbons (Fsp3) is 0.875. The Kier molecular flexibility index (Phi) is 6.75. The first-order valence-electron chi connectivity index (χ1n) is 8.59. The monoisotopic (exact) mass is 484 g/mol. The minimum absolute atomic E-state index is 0. The van der Waals surface area contributed by atoms with Crippen molar-refractivity contribution in [2.45, 2.75) is 44.4 Å². The first kappa shape index (κ1) is 20.9. The zero-order valence-corrected chi connectivity index (χ0v) is 18.3. The molecular formula is C16H29IN4O3S. The topological polar surface area (TPSA) is 77.4 Å². The molecule has 2 saturated heterocycles. The molecule has 1 amide bonds. The van der Waals surface area contributed by atoms with E-state index in [1.807, 2.05) is 20.8 Å². The van der Waals surface area contributed by atoms with Crippen molar-refractivity contribution in [2.75, 3.05) is 44.2 Å². The second-order valence-electron chi connectivity index (χ2n) is 7.82. The lowest BCUT2D eigenvalue weighted by Crippen LogP contribution is -2.58. The summed E-state index contributed by atoms with van der Waals surface area (Å²) in [6, 6.07) is 0.196. The summed E-state index contributed by atoms with van der Waals surface area (Å²) in [6.07, 6.45) is 0.578. The van der Waals surface area contributed by atoms with Gasteiger partial charge in [-0.2, -0.15) is 11.8 Å². The minimum atomic E-state index is -0.621. The highest BCUT2D eigenvalue weighted by Crippen LogP contribution is 2.27. The molecule has 0 radical (unpaired) electrons. The number of nitrogens with zero attached hydrogens (tertiary/aromatic N) is 3. The van der Waals surface area contributed by atoms with Gasteiger partial charge in [-0.25, -0.2) is 4.79 Å². The standard InChI is InChI=1S/C16H28N4O3S.HI/c1-15(2,3)23-14(21)19-5-6-20-12(9-19)8-17-13(20)18-10-16(22)4-7-24-11-16;/h12,22H,4-11H2,1-3H3,(H,17,18);1H. The molecule has 0 aromatic rings. The summed E-state index contributed by atoms with van der Waals surface area (Å²) in [7, 11) is 0. The Morgan fingerprint density at radius 3 is 2.88 bits per heavy atom. The van der Waals surface area contributed by atoms with E-state index in [9.17, 15) is 9.90 Å². The number of halogens is 1. The van der Waals surface area contributed by atoms with Crippen molar-refractivity contribution >= 4 is 47.8 Å². The number of nitrogens with one attached hydrogen (secondary N) is 1. The first-order valence-corrected chi connectivity index (χ1v) is 9.74. The summed E-state index contributed by atoms with van der Waals surface area (Å²) in [6.45, 7) is 8.86. The maximum atomic E-state index is 12.2. The number of amides is 1. The number of carbonyl (C=O) groups excluding carboxylic acids is 1. The van der Waals surface area contributed by atoms with Gasteiger partial charge in [-0.3, -0.25) is 4.99 Å². The number of aliphatic imine (C=N–C) groups is 1. The number of aliphatic hydroxyl groups is 1. The predicted molar refractivity (Wildman–Crippen MR) is 111 cm³/mol. The van der Waals surface area contributed by atoms with Crippen LogP contribution in [0.25, 0.3) is 0 Å². The third-order valence-corrected chi connectivity index (χ3v) is 5.75. The molecule has 3 heterocycles. The van der Waals surface area contributed by atoms with Crippen LogP contribution in [0.15, 0.2) is 4.99 Å². The Labute approximate surface area is 170 Å². The molecule has 3 rings (SSSR count). The Bertz CT molecular complexity index is 520. The third kappa shape index (κ3) is 5.29. The number of rotatable bonds is 2. The van der Waals surface area contributed by atoms with Gasteiger partial charge in [0.25, 0.3) is 0 Å². The second kappa shape index (κ2) is 8.08. The molecular weight excluding hydrogens is 455 g/mol. The second-order valence-corrected chi connectivity index (χ2v) is 8.92. The Morgan fingerprint density at radius 1 is 1.48 bits per heavy atom. The van der Waals surface area contributed by atoms with Gasteiger partial charge in [0.05, 0.1) is 18.2 Å². The molecule has 0 aromatic heterocycles. The molecule has 0 spiro atoms. The molecule has 9 heteroatoms. The van der Waals surface area contributed by atoms with Gasteiger partial charge in [0.15, 0.2) is 5.96 Å². The summed E-state index contributed by atoms with van der Waals surface area (Å²) in [5, 5.41) is 13.8. The van der Waals surface area contributed by atoms with Gasteiger partial charge in [0.1, 0.15) is 5.60 Å². The van der Waals surface area contributed by atoms with Gasteiger partial charge in [0, 0.05) is 31.9 Å². The minimum Gasteiger partial charge on any atom is -0.444 e. The fourth-order valence-corrected chi connectivity index (χ4v) is 4.50. The van der Waals surface area contributed by atoms with Crippen molar-refractivity contribution in [3.8, 4) is 0 Å².